The van der Waals surface area contributed by atoms with Crippen molar-refractivity contribution in [2.45, 2.75) is 44.4 Å². The Morgan fingerprint density at radius 2 is 2.15 bits per heavy atom. The van der Waals surface area contributed by atoms with Crippen molar-refractivity contribution in [1.29, 1.82) is 5.26 Å². The average Bonchev–Trinajstić information content (AvgIpc) is 2.72. The predicted molar refractivity (Wildman–Crippen MR) is 87.4 cm³/mol. The number of hydrogen-bond donors (Lipinski definition) is 0. The van der Waals surface area contributed by atoms with Crippen LogP contribution in [-0.4, -0.2) is 18.8 Å². The molecule has 1 aromatic rings. The van der Waals surface area contributed by atoms with Gasteiger partial charge in [0.25, 0.3) is 0 Å². The Morgan fingerprint density at radius 3 is 2.85 bits per heavy atom. The lowest BCUT2D eigenvalue weighted by atomic mass is 9.98. The molecule has 2 rings (SSSR count). The van der Waals surface area contributed by atoms with E-state index in [4.69, 9.17) is 0 Å². The lowest BCUT2D eigenvalue weighted by Gasteiger charge is -2.24. The highest BCUT2D eigenvalue weighted by molar-refractivity contribution is 7.99. The van der Waals surface area contributed by atoms with Crippen molar-refractivity contribution < 1.29 is 0 Å². The number of hydrogen-bond acceptors (Lipinski definition) is 3. The molecule has 1 heterocycles. The first-order chi connectivity index (χ1) is 9.80. The topological polar surface area (TPSA) is 27.0 Å². The number of anilines is 1. The number of benzene rings is 1. The number of nitrogens with zero attached hydrogens (tertiary/aromatic N) is 2. The summed E-state index contributed by atoms with van der Waals surface area (Å²) >= 11 is 1.77. The largest absolute Gasteiger partial charge is 0.370 e. The summed E-state index contributed by atoms with van der Waals surface area (Å²) in [5, 5.41) is 9.54. The smallest absolute Gasteiger partial charge is 0.103 e. The quantitative estimate of drug-likeness (QED) is 0.752. The van der Waals surface area contributed by atoms with Gasteiger partial charge in [0.15, 0.2) is 0 Å². The van der Waals surface area contributed by atoms with E-state index in [2.05, 4.69) is 43.0 Å². The minimum absolute atomic E-state index is 0.860. The third kappa shape index (κ3) is 3.49. The Morgan fingerprint density at radius 1 is 1.30 bits per heavy atom. The van der Waals surface area contributed by atoms with Crippen LogP contribution in [0.2, 0.25) is 0 Å². The van der Waals surface area contributed by atoms with Crippen LogP contribution in [0.15, 0.2) is 23.1 Å². The fourth-order valence-electron chi connectivity index (χ4n) is 2.99. The number of thioether (sulfide) groups is 1. The minimum Gasteiger partial charge on any atom is -0.370 e. The Balaban J connectivity index is 2.23. The van der Waals surface area contributed by atoms with Crippen molar-refractivity contribution in [1.82, 2.24) is 0 Å². The molecule has 1 atom stereocenters. The van der Waals surface area contributed by atoms with Gasteiger partial charge in [-0.1, -0.05) is 26.3 Å². The molecule has 1 fully saturated rings. The molecular formula is C17H24N2S. The zero-order chi connectivity index (χ0) is 14.4. The van der Waals surface area contributed by atoms with E-state index in [1.165, 1.54) is 25.7 Å². The second-order valence-corrected chi connectivity index (χ2v) is 6.69. The number of nitriles is 1. The molecule has 0 aliphatic carbocycles. The fraction of sp³-hybridized carbons (Fsp3) is 0.588. The van der Waals surface area contributed by atoms with Gasteiger partial charge >= 0.3 is 0 Å². The molecule has 0 amide bonds. The van der Waals surface area contributed by atoms with Gasteiger partial charge in [-0.15, -0.1) is 11.8 Å². The van der Waals surface area contributed by atoms with E-state index in [-0.39, 0.29) is 0 Å². The zero-order valence-electron chi connectivity index (χ0n) is 12.6. The van der Waals surface area contributed by atoms with Gasteiger partial charge in [-0.05, 0) is 43.1 Å². The van der Waals surface area contributed by atoms with E-state index in [0.717, 1.165) is 40.9 Å². The van der Waals surface area contributed by atoms with Crippen LogP contribution >= 0.6 is 11.8 Å². The van der Waals surface area contributed by atoms with Crippen molar-refractivity contribution in [2.75, 3.05) is 23.7 Å². The van der Waals surface area contributed by atoms with Gasteiger partial charge in [0.05, 0.1) is 11.3 Å². The first-order valence-electron chi connectivity index (χ1n) is 7.71. The summed E-state index contributed by atoms with van der Waals surface area (Å²) in [6, 6.07) is 8.71. The van der Waals surface area contributed by atoms with E-state index >= 15 is 0 Å². The molecule has 0 aromatic heterocycles. The van der Waals surface area contributed by atoms with Crippen LogP contribution in [0.25, 0.3) is 0 Å². The second-order valence-electron chi connectivity index (χ2n) is 5.39. The maximum Gasteiger partial charge on any atom is 0.103 e. The second kappa shape index (κ2) is 7.59. The molecule has 1 aliphatic heterocycles. The van der Waals surface area contributed by atoms with Gasteiger partial charge in [-0.2, -0.15) is 5.26 Å². The lowest BCUT2D eigenvalue weighted by Crippen LogP contribution is -2.25. The molecular weight excluding hydrogens is 264 g/mol. The van der Waals surface area contributed by atoms with Gasteiger partial charge in [0.2, 0.25) is 0 Å². The van der Waals surface area contributed by atoms with Crippen molar-refractivity contribution in [3.8, 4) is 6.07 Å². The van der Waals surface area contributed by atoms with Crippen molar-refractivity contribution in [2.24, 2.45) is 5.92 Å². The minimum atomic E-state index is 0.860. The van der Waals surface area contributed by atoms with Gasteiger partial charge in [0.1, 0.15) is 6.07 Å². The third-order valence-corrected chi connectivity index (χ3v) is 5.12. The third-order valence-electron chi connectivity index (χ3n) is 4.18. The summed E-state index contributed by atoms with van der Waals surface area (Å²) in [6.07, 6.45) is 5.12. The molecule has 0 N–H and O–H groups in total. The Labute approximate surface area is 127 Å². The molecule has 0 bridgehead atoms. The SMILES string of the molecule is CCSc1cccc(N2CCCC(CC)CC2)c1C#N. The van der Waals surface area contributed by atoms with E-state index < -0.39 is 0 Å². The van der Waals surface area contributed by atoms with E-state index in [0.29, 0.717) is 0 Å². The maximum absolute atomic E-state index is 9.54. The molecule has 1 saturated heterocycles. The summed E-state index contributed by atoms with van der Waals surface area (Å²) in [5.74, 6) is 1.87. The highest BCUT2D eigenvalue weighted by Crippen LogP contribution is 2.32. The molecule has 1 unspecified atom stereocenters. The van der Waals surface area contributed by atoms with Gasteiger partial charge < -0.3 is 4.90 Å². The number of rotatable bonds is 4. The highest BCUT2D eigenvalue weighted by atomic mass is 32.2. The summed E-state index contributed by atoms with van der Waals surface area (Å²) in [4.78, 5) is 3.55. The molecule has 3 heteroatoms. The standard InChI is InChI=1S/C17H24N2S/c1-3-14-7-6-11-19(12-10-14)16-8-5-9-17(20-4-2)15(16)13-18/h5,8-9,14H,3-4,6-7,10-12H2,1-2H3. The Kier molecular flexibility index (Phi) is 5.79. The Hall–Kier alpha value is -1.14. The summed E-state index contributed by atoms with van der Waals surface area (Å²) < 4.78 is 0. The van der Waals surface area contributed by atoms with Crippen LogP contribution in [0.5, 0.6) is 0 Å². The molecule has 20 heavy (non-hydrogen) atoms. The summed E-state index contributed by atoms with van der Waals surface area (Å²) in [6.45, 7) is 6.61. The maximum atomic E-state index is 9.54. The van der Waals surface area contributed by atoms with Crippen molar-refractivity contribution in [3.63, 3.8) is 0 Å². The molecule has 2 nitrogen and oxygen atoms in total. The lowest BCUT2D eigenvalue weighted by molar-refractivity contribution is 0.459. The van der Waals surface area contributed by atoms with Crippen molar-refractivity contribution >= 4 is 17.4 Å². The first kappa shape index (κ1) is 15.3. The fourth-order valence-corrected chi connectivity index (χ4v) is 3.77. The summed E-state index contributed by atoms with van der Waals surface area (Å²) in [5.41, 5.74) is 2.01. The van der Waals surface area contributed by atoms with Crippen LogP contribution in [0.3, 0.4) is 0 Å². The highest BCUT2D eigenvalue weighted by Gasteiger charge is 2.19. The van der Waals surface area contributed by atoms with E-state index in [9.17, 15) is 5.26 Å². The van der Waals surface area contributed by atoms with Crippen LogP contribution in [-0.2, 0) is 0 Å². The average molecular weight is 288 g/mol. The molecule has 0 saturated carbocycles. The monoisotopic (exact) mass is 288 g/mol. The van der Waals surface area contributed by atoms with Gasteiger partial charge in [-0.25, -0.2) is 0 Å². The van der Waals surface area contributed by atoms with Crippen molar-refractivity contribution in [3.05, 3.63) is 23.8 Å². The van der Waals surface area contributed by atoms with Gasteiger partial charge in [-0.3, -0.25) is 0 Å². The molecule has 1 aliphatic rings. The Bertz CT molecular complexity index is 478. The van der Waals surface area contributed by atoms with E-state index in [1.54, 1.807) is 11.8 Å². The van der Waals surface area contributed by atoms with Crippen LogP contribution < -0.4 is 4.90 Å². The van der Waals surface area contributed by atoms with E-state index in [1.807, 2.05) is 0 Å². The van der Waals surface area contributed by atoms with Crippen LogP contribution in [0.4, 0.5) is 5.69 Å². The molecule has 0 radical (unpaired) electrons. The van der Waals surface area contributed by atoms with Gasteiger partial charge in [0, 0.05) is 18.0 Å². The first-order valence-corrected chi connectivity index (χ1v) is 8.69. The van der Waals surface area contributed by atoms with Crippen LogP contribution in [0.1, 0.15) is 45.1 Å². The molecule has 1 aromatic carbocycles. The van der Waals surface area contributed by atoms with Crippen LogP contribution in [0, 0.1) is 17.2 Å². The molecule has 0 spiro atoms. The predicted octanol–water partition coefficient (Wildman–Crippen LogP) is 4.69. The molecule has 108 valence electrons. The summed E-state index contributed by atoms with van der Waals surface area (Å²) in [7, 11) is 0. The zero-order valence-corrected chi connectivity index (χ0v) is 13.4. The normalized spacial score (nSPS) is 19.4.